The summed E-state index contributed by atoms with van der Waals surface area (Å²) in [6.45, 7) is 11.5. The van der Waals surface area contributed by atoms with Crippen LogP contribution in [0.4, 0.5) is 4.39 Å². The van der Waals surface area contributed by atoms with Crippen molar-refractivity contribution in [1.29, 1.82) is 0 Å². The monoisotopic (exact) mass is 442 g/mol. The van der Waals surface area contributed by atoms with Crippen molar-refractivity contribution in [2.24, 2.45) is 0 Å². The predicted octanol–water partition coefficient (Wildman–Crippen LogP) is 7.23. The number of nitrogens with zero attached hydrogens (tertiary/aromatic N) is 2. The van der Waals surface area contributed by atoms with E-state index < -0.39 is 0 Å². The fourth-order valence-electron chi connectivity index (χ4n) is 3.63. The number of H-pyrrole nitrogens is 2. The molecular formula is C26H23FN4S. The molecule has 6 heteroatoms. The molecule has 0 amide bonds. The Hall–Kier alpha value is -3.77. The van der Waals surface area contributed by atoms with Crippen LogP contribution in [0.5, 0.6) is 0 Å². The van der Waals surface area contributed by atoms with Crippen LogP contribution in [-0.4, -0.2) is 20.2 Å². The molecule has 0 saturated carbocycles. The van der Waals surface area contributed by atoms with Gasteiger partial charge in [-0.25, -0.2) is 0 Å². The second-order valence-corrected chi connectivity index (χ2v) is 8.20. The third kappa shape index (κ3) is 4.05. The largest absolute Gasteiger partial charge is 0.357 e. The Bertz CT molecular complexity index is 1390. The van der Waals surface area contributed by atoms with Gasteiger partial charge in [0.05, 0.1) is 23.1 Å². The molecule has 0 aliphatic heterocycles. The highest BCUT2D eigenvalue weighted by atomic mass is 32.1. The molecule has 4 heterocycles. The maximum Gasteiger partial charge on any atom is 0.176 e. The first kappa shape index (κ1) is 21.5. The molecule has 4 rings (SSSR count). The van der Waals surface area contributed by atoms with E-state index >= 15 is 0 Å². The Morgan fingerprint density at radius 3 is 2.72 bits per heavy atom. The smallest absolute Gasteiger partial charge is 0.176 e. The molecule has 0 aliphatic rings. The SMILES string of the molecule is C=C/C=C\C(=C/C)c1cc2c(-c3cc(/C(=C\C=C)c4ccc(F)s4)c(C)[nH]3)n[nH]c2cn1. The Balaban J connectivity index is 1.81. The van der Waals surface area contributed by atoms with Crippen molar-refractivity contribution in [3.8, 4) is 11.4 Å². The molecule has 4 nitrogen and oxygen atoms in total. The summed E-state index contributed by atoms with van der Waals surface area (Å²) in [5.74, 6) is 0. The summed E-state index contributed by atoms with van der Waals surface area (Å²) in [6, 6.07) is 7.35. The number of fused-ring (bicyclic) bond motifs is 1. The van der Waals surface area contributed by atoms with E-state index in [1.165, 1.54) is 6.07 Å². The maximum absolute atomic E-state index is 13.7. The van der Waals surface area contributed by atoms with E-state index in [4.69, 9.17) is 0 Å². The zero-order valence-corrected chi connectivity index (χ0v) is 18.8. The number of aromatic nitrogens is 4. The lowest BCUT2D eigenvalue weighted by molar-refractivity contribution is 0.657. The minimum Gasteiger partial charge on any atom is -0.357 e. The van der Waals surface area contributed by atoms with E-state index in [0.717, 1.165) is 66.6 Å². The van der Waals surface area contributed by atoms with Crippen LogP contribution in [0.3, 0.4) is 0 Å². The van der Waals surface area contributed by atoms with Crippen molar-refractivity contribution in [1.82, 2.24) is 20.2 Å². The first-order valence-corrected chi connectivity index (χ1v) is 11.0. The van der Waals surface area contributed by atoms with Gasteiger partial charge in [-0.1, -0.05) is 49.6 Å². The highest BCUT2D eigenvalue weighted by molar-refractivity contribution is 7.11. The zero-order valence-electron chi connectivity index (χ0n) is 17.9. The van der Waals surface area contributed by atoms with Crippen LogP contribution >= 0.6 is 11.3 Å². The lowest BCUT2D eigenvalue weighted by Gasteiger charge is -2.03. The molecule has 32 heavy (non-hydrogen) atoms. The number of aromatic amines is 2. The second-order valence-electron chi connectivity index (χ2n) is 7.17. The summed E-state index contributed by atoms with van der Waals surface area (Å²) in [5.41, 5.74) is 7.24. The van der Waals surface area contributed by atoms with Gasteiger partial charge in [-0.3, -0.25) is 10.1 Å². The first-order chi connectivity index (χ1) is 15.5. The van der Waals surface area contributed by atoms with Gasteiger partial charge in [0.1, 0.15) is 5.69 Å². The van der Waals surface area contributed by atoms with Gasteiger partial charge < -0.3 is 4.98 Å². The van der Waals surface area contributed by atoms with Gasteiger partial charge in [-0.15, -0.1) is 11.3 Å². The van der Waals surface area contributed by atoms with Crippen molar-refractivity contribution in [3.63, 3.8) is 0 Å². The summed E-state index contributed by atoms with van der Waals surface area (Å²) < 4.78 is 13.7. The highest BCUT2D eigenvalue weighted by Gasteiger charge is 2.17. The van der Waals surface area contributed by atoms with Gasteiger partial charge in [0.2, 0.25) is 0 Å². The molecule has 0 aromatic carbocycles. The summed E-state index contributed by atoms with van der Waals surface area (Å²) >= 11 is 1.12. The Morgan fingerprint density at radius 1 is 1.19 bits per heavy atom. The minimum absolute atomic E-state index is 0.216. The number of thiophene rings is 1. The number of hydrogen-bond donors (Lipinski definition) is 2. The fraction of sp³-hybridized carbons (Fsp3) is 0.0769. The van der Waals surface area contributed by atoms with E-state index in [9.17, 15) is 4.39 Å². The van der Waals surface area contributed by atoms with Crippen molar-refractivity contribution in [3.05, 3.63) is 107 Å². The molecule has 0 fully saturated rings. The lowest BCUT2D eigenvalue weighted by atomic mass is 10.0. The third-order valence-corrected chi connectivity index (χ3v) is 6.06. The first-order valence-electron chi connectivity index (χ1n) is 10.1. The van der Waals surface area contributed by atoms with Crippen LogP contribution in [-0.2, 0) is 0 Å². The molecule has 0 atom stereocenters. The predicted molar refractivity (Wildman–Crippen MR) is 133 cm³/mol. The molecule has 0 radical (unpaired) electrons. The van der Waals surface area contributed by atoms with E-state index in [0.29, 0.717) is 0 Å². The van der Waals surface area contributed by atoms with Gasteiger partial charge in [0, 0.05) is 27.1 Å². The van der Waals surface area contributed by atoms with E-state index in [2.05, 4.69) is 33.3 Å². The van der Waals surface area contributed by atoms with Gasteiger partial charge in [0.25, 0.3) is 0 Å². The number of aryl methyl sites for hydroxylation is 1. The molecule has 0 saturated heterocycles. The van der Waals surface area contributed by atoms with Gasteiger partial charge in [-0.05, 0) is 43.7 Å². The van der Waals surface area contributed by atoms with E-state index in [-0.39, 0.29) is 5.13 Å². The van der Waals surface area contributed by atoms with Crippen LogP contribution in [0.1, 0.15) is 28.8 Å². The lowest BCUT2D eigenvalue weighted by Crippen LogP contribution is -1.87. The third-order valence-electron chi connectivity index (χ3n) is 5.15. The summed E-state index contributed by atoms with van der Waals surface area (Å²) in [6.07, 6.45) is 13.0. The van der Waals surface area contributed by atoms with Crippen LogP contribution in [0.2, 0.25) is 0 Å². The van der Waals surface area contributed by atoms with Crippen LogP contribution in [0.15, 0.2) is 80.1 Å². The zero-order chi connectivity index (χ0) is 22.7. The van der Waals surface area contributed by atoms with Crippen LogP contribution < -0.4 is 0 Å². The number of hydrogen-bond acceptors (Lipinski definition) is 3. The van der Waals surface area contributed by atoms with Crippen molar-refractivity contribution >= 4 is 33.4 Å². The molecule has 0 unspecified atom stereocenters. The standard InChI is InChI=1S/C26H23FN4S/c1-5-8-10-17(7-3)21-14-20-23(15-28-21)30-31-26(20)22-13-19(16(4)29-22)18(9-6-2)24-11-12-25(27)32-24/h5-15,29H,1-2H2,3-4H3,(H,30,31)/b10-8-,17-7+,18-9+. The van der Waals surface area contributed by atoms with Crippen molar-refractivity contribution < 1.29 is 4.39 Å². The summed E-state index contributed by atoms with van der Waals surface area (Å²) in [7, 11) is 0. The summed E-state index contributed by atoms with van der Waals surface area (Å²) in [4.78, 5) is 8.86. The maximum atomic E-state index is 13.7. The molecule has 4 aromatic heterocycles. The van der Waals surface area contributed by atoms with Crippen LogP contribution in [0, 0.1) is 12.1 Å². The second kappa shape index (κ2) is 9.16. The Labute approximate surface area is 190 Å². The van der Waals surface area contributed by atoms with Crippen molar-refractivity contribution in [2.75, 3.05) is 0 Å². The fourth-order valence-corrected chi connectivity index (χ4v) is 4.40. The van der Waals surface area contributed by atoms with Crippen molar-refractivity contribution in [2.45, 2.75) is 13.8 Å². The number of rotatable bonds is 7. The summed E-state index contributed by atoms with van der Waals surface area (Å²) in [5, 5.41) is 8.36. The Kier molecular flexibility index (Phi) is 6.14. The van der Waals surface area contributed by atoms with E-state index in [1.54, 1.807) is 24.4 Å². The molecule has 0 spiro atoms. The number of halogens is 1. The molecule has 0 bridgehead atoms. The molecule has 2 N–H and O–H groups in total. The van der Waals surface area contributed by atoms with Crippen LogP contribution in [0.25, 0.3) is 33.4 Å². The Morgan fingerprint density at radius 2 is 2.03 bits per heavy atom. The molecular weight excluding hydrogens is 419 g/mol. The number of pyridine rings is 1. The molecule has 160 valence electrons. The van der Waals surface area contributed by atoms with E-state index in [1.807, 2.05) is 50.3 Å². The highest BCUT2D eigenvalue weighted by Crippen LogP contribution is 2.35. The van der Waals surface area contributed by atoms with Gasteiger partial charge in [0.15, 0.2) is 5.13 Å². The topological polar surface area (TPSA) is 57.4 Å². The van der Waals surface area contributed by atoms with Gasteiger partial charge in [-0.2, -0.15) is 9.49 Å². The normalized spacial score (nSPS) is 12.7. The number of allylic oxidation sites excluding steroid dienone is 7. The quantitative estimate of drug-likeness (QED) is 0.297. The average molecular weight is 443 g/mol. The molecule has 0 aliphatic carbocycles. The van der Waals surface area contributed by atoms with Gasteiger partial charge >= 0.3 is 0 Å². The average Bonchev–Trinajstić information content (AvgIpc) is 3.50. The minimum atomic E-state index is -0.216. The molecule has 4 aromatic rings. The number of nitrogens with one attached hydrogen (secondary N) is 2.